The number of nitrogens with one attached hydrogen (secondary N) is 1. The van der Waals surface area contributed by atoms with Gasteiger partial charge in [-0.25, -0.2) is 9.37 Å². The summed E-state index contributed by atoms with van der Waals surface area (Å²) in [6.45, 7) is 1.39. The van der Waals surface area contributed by atoms with Crippen molar-refractivity contribution in [1.82, 2.24) is 9.88 Å². The van der Waals surface area contributed by atoms with Crippen LogP contribution in [0.4, 0.5) is 10.1 Å². The Morgan fingerprint density at radius 3 is 2.75 bits per heavy atom. The van der Waals surface area contributed by atoms with Crippen LogP contribution in [0.5, 0.6) is 0 Å². The number of carbonyl (C=O) groups excluding carboxylic acids is 2. The molecule has 3 rings (SSSR count). The number of fused-ring (bicyclic) bond motifs is 1. The average Bonchev–Trinajstić information content (AvgIpc) is 3.11. The highest BCUT2D eigenvalue weighted by Gasteiger charge is 2.21. The molecule has 0 aliphatic carbocycles. The van der Waals surface area contributed by atoms with Crippen molar-refractivity contribution in [3.8, 4) is 11.5 Å². The first-order valence-electron chi connectivity index (χ1n) is 8.75. The minimum Gasteiger partial charge on any atom is -0.435 e. The molecule has 0 radical (unpaired) electrons. The second kappa shape index (κ2) is 8.28. The third-order valence-electron chi connectivity index (χ3n) is 4.31. The fraction of sp³-hybridized carbons (Fsp3) is 0.250. The summed E-state index contributed by atoms with van der Waals surface area (Å²) in [4.78, 5) is 29.7. The molecule has 0 aliphatic heterocycles. The van der Waals surface area contributed by atoms with Crippen LogP contribution in [-0.2, 0) is 11.3 Å². The Morgan fingerprint density at radius 1 is 1.32 bits per heavy atom. The number of halogens is 1. The lowest BCUT2D eigenvalue weighted by atomic mass is 10.1. The van der Waals surface area contributed by atoms with Crippen LogP contribution in [0.15, 0.2) is 34.7 Å². The summed E-state index contributed by atoms with van der Waals surface area (Å²) in [5.74, 6) is -1.02. The summed E-state index contributed by atoms with van der Waals surface area (Å²) in [5, 5.41) is 3.14. The lowest BCUT2D eigenvalue weighted by molar-refractivity contribution is -0.104. The maximum Gasteiger partial charge on any atom is 0.231 e. The van der Waals surface area contributed by atoms with E-state index in [1.807, 2.05) is 19.0 Å². The first-order valence-corrected chi connectivity index (χ1v) is 8.75. The van der Waals surface area contributed by atoms with Gasteiger partial charge in [0.25, 0.3) is 0 Å². The van der Waals surface area contributed by atoms with Gasteiger partial charge in [-0.05, 0) is 38.4 Å². The van der Waals surface area contributed by atoms with Gasteiger partial charge in [0.1, 0.15) is 11.3 Å². The van der Waals surface area contributed by atoms with Gasteiger partial charge in [-0.15, -0.1) is 0 Å². The van der Waals surface area contributed by atoms with E-state index in [1.54, 1.807) is 24.3 Å². The SMILES string of the molecule is CN(C)CCNc1ccc2nc(-c3ccc(CN)c(F)c3)oc2c1C(=O)C=O. The molecule has 0 aliphatic rings. The number of benzene rings is 2. The van der Waals surface area contributed by atoms with Gasteiger partial charge in [0.05, 0.1) is 5.56 Å². The fourth-order valence-electron chi connectivity index (χ4n) is 2.83. The van der Waals surface area contributed by atoms with E-state index in [0.29, 0.717) is 28.9 Å². The van der Waals surface area contributed by atoms with Gasteiger partial charge in [-0.3, -0.25) is 9.59 Å². The second-order valence-electron chi connectivity index (χ2n) is 6.58. The number of anilines is 1. The maximum absolute atomic E-state index is 14.1. The molecule has 0 spiro atoms. The van der Waals surface area contributed by atoms with Crippen molar-refractivity contribution in [2.45, 2.75) is 6.54 Å². The second-order valence-corrected chi connectivity index (χ2v) is 6.58. The van der Waals surface area contributed by atoms with Gasteiger partial charge in [0.2, 0.25) is 11.7 Å². The predicted molar refractivity (Wildman–Crippen MR) is 105 cm³/mol. The highest BCUT2D eigenvalue weighted by Crippen LogP contribution is 2.31. The Morgan fingerprint density at radius 2 is 2.11 bits per heavy atom. The summed E-state index contributed by atoms with van der Waals surface area (Å²) >= 11 is 0. The molecule has 28 heavy (non-hydrogen) atoms. The van der Waals surface area contributed by atoms with Crippen molar-refractivity contribution >= 4 is 28.9 Å². The number of hydrogen-bond donors (Lipinski definition) is 2. The zero-order valence-electron chi connectivity index (χ0n) is 15.7. The molecule has 0 bridgehead atoms. The van der Waals surface area contributed by atoms with E-state index in [9.17, 15) is 14.0 Å². The molecule has 0 atom stereocenters. The van der Waals surface area contributed by atoms with Gasteiger partial charge in [0.15, 0.2) is 11.9 Å². The van der Waals surface area contributed by atoms with E-state index in [2.05, 4.69) is 10.3 Å². The lowest BCUT2D eigenvalue weighted by Crippen LogP contribution is -2.21. The maximum atomic E-state index is 14.1. The Kier molecular flexibility index (Phi) is 5.81. The number of aldehydes is 1. The quantitative estimate of drug-likeness (QED) is 0.349. The summed E-state index contributed by atoms with van der Waals surface area (Å²) in [6, 6.07) is 7.86. The van der Waals surface area contributed by atoms with Crippen molar-refractivity contribution in [3.05, 3.63) is 47.3 Å². The Hall–Kier alpha value is -3.10. The van der Waals surface area contributed by atoms with Crippen molar-refractivity contribution in [2.75, 3.05) is 32.5 Å². The van der Waals surface area contributed by atoms with Gasteiger partial charge < -0.3 is 20.4 Å². The van der Waals surface area contributed by atoms with Crippen LogP contribution in [0.1, 0.15) is 15.9 Å². The first-order chi connectivity index (χ1) is 13.4. The van der Waals surface area contributed by atoms with Gasteiger partial charge in [-0.2, -0.15) is 0 Å². The molecular weight excluding hydrogens is 363 g/mol. The van der Waals surface area contributed by atoms with E-state index in [-0.39, 0.29) is 29.9 Å². The van der Waals surface area contributed by atoms with E-state index in [1.165, 1.54) is 6.07 Å². The molecule has 0 amide bonds. The third-order valence-corrected chi connectivity index (χ3v) is 4.31. The summed E-state index contributed by atoms with van der Waals surface area (Å²) in [7, 11) is 3.86. The topological polar surface area (TPSA) is 101 Å². The molecule has 3 N–H and O–H groups in total. The largest absolute Gasteiger partial charge is 0.435 e. The van der Waals surface area contributed by atoms with Crippen LogP contribution in [0, 0.1) is 5.82 Å². The number of hydrogen-bond acceptors (Lipinski definition) is 7. The summed E-state index contributed by atoms with van der Waals surface area (Å²) < 4.78 is 19.8. The zero-order valence-corrected chi connectivity index (χ0v) is 15.7. The lowest BCUT2D eigenvalue weighted by Gasteiger charge is -2.13. The molecule has 0 unspecified atom stereocenters. The zero-order chi connectivity index (χ0) is 20.3. The number of aromatic nitrogens is 1. The van der Waals surface area contributed by atoms with Gasteiger partial charge in [-0.1, -0.05) is 6.07 Å². The van der Waals surface area contributed by atoms with Crippen LogP contribution < -0.4 is 11.1 Å². The smallest absolute Gasteiger partial charge is 0.231 e. The summed E-state index contributed by atoms with van der Waals surface area (Å²) in [6.07, 6.45) is 0.240. The molecule has 8 heteroatoms. The standard InChI is InChI=1S/C20H21FN4O3/c1-25(2)8-7-23-15-5-6-16-19(18(15)17(27)11-26)28-20(24-16)12-3-4-13(10-22)14(21)9-12/h3-6,9,11,23H,7-8,10,22H2,1-2H3. The number of carbonyl (C=O) groups is 2. The van der Waals surface area contributed by atoms with Crippen LogP contribution in [0.3, 0.4) is 0 Å². The minimum absolute atomic E-state index is 0.0830. The van der Waals surface area contributed by atoms with E-state index in [0.717, 1.165) is 6.54 Å². The molecular formula is C20H21FN4O3. The monoisotopic (exact) mass is 384 g/mol. The van der Waals surface area contributed by atoms with E-state index in [4.69, 9.17) is 10.2 Å². The molecule has 146 valence electrons. The van der Waals surface area contributed by atoms with E-state index >= 15 is 0 Å². The number of nitrogens with zero attached hydrogens (tertiary/aromatic N) is 2. The van der Waals surface area contributed by atoms with Crippen LogP contribution in [0.2, 0.25) is 0 Å². The number of Topliss-reactive ketones (excluding diaryl/α,β-unsaturated/α-hetero) is 1. The first kappa shape index (κ1) is 19.7. The van der Waals surface area contributed by atoms with Crippen LogP contribution >= 0.6 is 0 Å². The number of ketones is 1. The van der Waals surface area contributed by atoms with Gasteiger partial charge >= 0.3 is 0 Å². The molecule has 2 aromatic carbocycles. The molecule has 1 heterocycles. The van der Waals surface area contributed by atoms with Crippen molar-refractivity contribution in [1.29, 1.82) is 0 Å². The van der Waals surface area contributed by atoms with E-state index < -0.39 is 11.6 Å². The molecule has 0 saturated carbocycles. The summed E-state index contributed by atoms with van der Waals surface area (Å²) in [5.41, 5.74) is 7.47. The van der Waals surface area contributed by atoms with Gasteiger partial charge in [0, 0.05) is 36.4 Å². The molecule has 1 aromatic heterocycles. The Bertz CT molecular complexity index is 1030. The number of nitrogens with two attached hydrogens (primary N) is 1. The highest BCUT2D eigenvalue weighted by molar-refractivity contribution is 6.37. The molecule has 0 saturated heterocycles. The van der Waals surface area contributed by atoms with Crippen molar-refractivity contribution in [3.63, 3.8) is 0 Å². The number of oxazole rings is 1. The van der Waals surface area contributed by atoms with Crippen LogP contribution in [0.25, 0.3) is 22.6 Å². The number of rotatable bonds is 8. The average molecular weight is 384 g/mol. The van der Waals surface area contributed by atoms with Crippen LogP contribution in [-0.4, -0.2) is 49.1 Å². The van der Waals surface area contributed by atoms with Crippen molar-refractivity contribution in [2.24, 2.45) is 5.73 Å². The molecule has 0 fully saturated rings. The molecule has 7 nitrogen and oxygen atoms in total. The number of likely N-dealkylation sites (N-methyl/N-ethyl adjacent to an activating group) is 1. The Balaban J connectivity index is 2.06. The normalized spacial score (nSPS) is 11.2. The van der Waals surface area contributed by atoms with Crippen molar-refractivity contribution < 1.29 is 18.4 Å². The predicted octanol–water partition coefficient (Wildman–Crippen LogP) is 2.45. The Labute approximate surface area is 161 Å². The highest BCUT2D eigenvalue weighted by atomic mass is 19.1. The fourth-order valence-corrected chi connectivity index (χ4v) is 2.83. The third kappa shape index (κ3) is 3.92. The molecule has 3 aromatic rings. The minimum atomic E-state index is -0.717.